The molecule has 0 amide bonds. The molecule has 116 valence electrons. The van der Waals surface area contributed by atoms with Gasteiger partial charge in [-0.1, -0.05) is 0 Å². The third-order valence-electron chi connectivity index (χ3n) is 3.10. The van der Waals surface area contributed by atoms with Gasteiger partial charge in [-0.15, -0.1) is 0 Å². The molecule has 1 saturated heterocycles. The first-order valence-corrected chi connectivity index (χ1v) is 5.97. The Balaban J connectivity index is 2.37. The average Bonchev–Trinajstić information content (AvgIpc) is 2.71. The number of aliphatic hydroxyl groups is 1. The number of rotatable bonds is 3. The maximum Gasteiger partial charge on any atom is 0.506 e. The quantitative estimate of drug-likeness (QED) is 0.619. The van der Waals surface area contributed by atoms with Crippen molar-refractivity contribution < 1.29 is 28.9 Å². The molecule has 1 aromatic rings. The van der Waals surface area contributed by atoms with E-state index in [0.717, 1.165) is 10.8 Å². The standard InChI is InChI=1S/C11H13FN2O7/c1-4-2-14(10(17)13-8(4)16)9-6(12)7(21-11(18)19)5(3-15)20-9/h2,5-7,9,15H,3H2,1H3,(H,18,19)(H,13,16,17)/t5-,6+,7-,9-/m0/s1. The van der Waals surface area contributed by atoms with E-state index in [2.05, 4.69) is 4.74 Å². The van der Waals surface area contributed by atoms with Crippen molar-refractivity contribution in [1.82, 2.24) is 9.55 Å². The lowest BCUT2D eigenvalue weighted by Gasteiger charge is -2.16. The van der Waals surface area contributed by atoms with Crippen molar-refractivity contribution in [3.05, 3.63) is 32.6 Å². The minimum atomic E-state index is -2.01. The highest BCUT2D eigenvalue weighted by atomic mass is 19.1. The fourth-order valence-electron chi connectivity index (χ4n) is 2.10. The van der Waals surface area contributed by atoms with Crippen LogP contribution in [0.25, 0.3) is 0 Å². The molecule has 0 saturated carbocycles. The zero-order valence-corrected chi connectivity index (χ0v) is 10.9. The summed E-state index contributed by atoms with van der Waals surface area (Å²) in [6.45, 7) is 0.720. The van der Waals surface area contributed by atoms with Gasteiger partial charge in [0.1, 0.15) is 6.10 Å². The van der Waals surface area contributed by atoms with Crippen LogP contribution in [0.15, 0.2) is 15.8 Å². The molecule has 3 N–H and O–H groups in total. The summed E-state index contributed by atoms with van der Waals surface area (Å²) in [6, 6.07) is 0. The number of aryl methyl sites for hydroxylation is 1. The second-order valence-electron chi connectivity index (χ2n) is 4.52. The molecule has 4 atom stereocenters. The fraction of sp³-hybridized carbons (Fsp3) is 0.545. The molecule has 2 heterocycles. The monoisotopic (exact) mass is 304 g/mol. The number of ether oxygens (including phenoxy) is 2. The van der Waals surface area contributed by atoms with Crippen molar-refractivity contribution in [2.45, 2.75) is 31.5 Å². The number of hydrogen-bond acceptors (Lipinski definition) is 6. The molecular formula is C11H13FN2O7. The SMILES string of the molecule is Cc1cn([C@H]2O[C@@H](CO)[C@H](OC(=O)O)[C@H]2F)c(=O)[nH]c1=O. The van der Waals surface area contributed by atoms with Crippen molar-refractivity contribution in [3.8, 4) is 0 Å². The Labute approximate surface area is 116 Å². The summed E-state index contributed by atoms with van der Waals surface area (Å²) in [6.07, 6.45) is -6.97. The van der Waals surface area contributed by atoms with Crippen molar-refractivity contribution in [3.63, 3.8) is 0 Å². The maximum absolute atomic E-state index is 14.3. The molecule has 10 heteroatoms. The molecule has 1 aromatic heterocycles. The van der Waals surface area contributed by atoms with Crippen LogP contribution in [0.3, 0.4) is 0 Å². The minimum absolute atomic E-state index is 0.147. The lowest BCUT2D eigenvalue weighted by molar-refractivity contribution is -0.0545. The normalized spacial score (nSPS) is 28.5. The Morgan fingerprint density at radius 1 is 1.57 bits per heavy atom. The van der Waals surface area contributed by atoms with Gasteiger partial charge in [0.05, 0.1) is 6.61 Å². The highest BCUT2D eigenvalue weighted by Crippen LogP contribution is 2.32. The van der Waals surface area contributed by atoms with Crippen LogP contribution >= 0.6 is 0 Å². The van der Waals surface area contributed by atoms with E-state index in [1.807, 2.05) is 4.98 Å². The number of aromatic amines is 1. The zero-order chi connectivity index (χ0) is 15.7. The Bertz CT molecular complexity index is 655. The molecule has 2 rings (SSSR count). The largest absolute Gasteiger partial charge is 0.506 e. The number of alkyl halides is 1. The number of halogens is 1. The summed E-state index contributed by atoms with van der Waals surface area (Å²) in [5, 5.41) is 17.6. The number of aromatic nitrogens is 2. The van der Waals surface area contributed by atoms with Gasteiger partial charge >= 0.3 is 11.8 Å². The van der Waals surface area contributed by atoms with Crippen LogP contribution in [0.4, 0.5) is 9.18 Å². The Morgan fingerprint density at radius 2 is 2.24 bits per heavy atom. The number of carbonyl (C=O) groups is 1. The summed E-state index contributed by atoms with van der Waals surface area (Å²) >= 11 is 0. The van der Waals surface area contributed by atoms with Crippen LogP contribution in [-0.4, -0.2) is 50.9 Å². The second kappa shape index (κ2) is 5.66. The van der Waals surface area contributed by atoms with Crippen molar-refractivity contribution in [2.24, 2.45) is 0 Å². The van der Waals surface area contributed by atoms with Gasteiger partial charge in [-0.3, -0.25) is 14.3 Å². The van der Waals surface area contributed by atoms with Crippen LogP contribution in [0, 0.1) is 6.92 Å². The first-order valence-electron chi connectivity index (χ1n) is 5.97. The maximum atomic E-state index is 14.3. The van der Waals surface area contributed by atoms with E-state index in [-0.39, 0.29) is 5.56 Å². The zero-order valence-electron chi connectivity index (χ0n) is 10.9. The van der Waals surface area contributed by atoms with Crippen LogP contribution in [0.5, 0.6) is 0 Å². The predicted molar refractivity (Wildman–Crippen MR) is 64.8 cm³/mol. The Morgan fingerprint density at radius 3 is 2.81 bits per heavy atom. The third-order valence-corrected chi connectivity index (χ3v) is 3.10. The van der Waals surface area contributed by atoms with Gasteiger partial charge in [0.15, 0.2) is 18.5 Å². The molecule has 21 heavy (non-hydrogen) atoms. The van der Waals surface area contributed by atoms with Gasteiger partial charge < -0.3 is 19.7 Å². The van der Waals surface area contributed by atoms with E-state index in [9.17, 15) is 18.8 Å². The molecule has 0 radical (unpaired) electrons. The molecule has 0 spiro atoms. The lowest BCUT2D eigenvalue weighted by atomic mass is 10.1. The summed E-state index contributed by atoms with van der Waals surface area (Å²) in [5.74, 6) is 0. The lowest BCUT2D eigenvalue weighted by Crippen LogP contribution is -2.38. The van der Waals surface area contributed by atoms with Crippen LogP contribution < -0.4 is 11.2 Å². The predicted octanol–water partition coefficient (Wildman–Crippen LogP) is -0.864. The average molecular weight is 304 g/mol. The number of hydrogen-bond donors (Lipinski definition) is 3. The van der Waals surface area contributed by atoms with Crippen molar-refractivity contribution in [1.29, 1.82) is 0 Å². The fourth-order valence-corrected chi connectivity index (χ4v) is 2.10. The Kier molecular flexibility index (Phi) is 4.09. The van der Waals surface area contributed by atoms with Crippen molar-refractivity contribution >= 4 is 6.16 Å². The second-order valence-corrected chi connectivity index (χ2v) is 4.52. The van der Waals surface area contributed by atoms with Crippen LogP contribution in [-0.2, 0) is 9.47 Å². The molecule has 0 bridgehead atoms. The number of carboxylic acid groups (broad SMARTS) is 1. The van der Waals surface area contributed by atoms with E-state index in [0.29, 0.717) is 0 Å². The highest BCUT2D eigenvalue weighted by Gasteiger charge is 2.48. The van der Waals surface area contributed by atoms with E-state index >= 15 is 0 Å². The van der Waals surface area contributed by atoms with E-state index < -0.39 is 48.6 Å². The minimum Gasteiger partial charge on any atom is -0.450 e. The summed E-state index contributed by atoms with van der Waals surface area (Å²) in [5.41, 5.74) is -1.39. The van der Waals surface area contributed by atoms with E-state index in [1.165, 1.54) is 6.92 Å². The van der Waals surface area contributed by atoms with Gasteiger partial charge in [0.2, 0.25) is 0 Å². The molecule has 0 aromatic carbocycles. The molecule has 1 fully saturated rings. The van der Waals surface area contributed by atoms with Gasteiger partial charge in [-0.05, 0) is 6.92 Å². The van der Waals surface area contributed by atoms with Crippen LogP contribution in [0.1, 0.15) is 11.8 Å². The molecule has 9 nitrogen and oxygen atoms in total. The topological polar surface area (TPSA) is 131 Å². The van der Waals surface area contributed by atoms with Gasteiger partial charge in [0, 0.05) is 11.8 Å². The summed E-state index contributed by atoms with van der Waals surface area (Å²) in [7, 11) is 0. The number of aliphatic hydroxyl groups excluding tert-OH is 1. The molecule has 0 unspecified atom stereocenters. The number of nitrogens with zero attached hydrogens (tertiary/aromatic N) is 1. The molecular weight excluding hydrogens is 291 g/mol. The molecule has 0 aliphatic carbocycles. The third kappa shape index (κ3) is 2.81. The van der Waals surface area contributed by atoms with Crippen molar-refractivity contribution in [2.75, 3.05) is 6.61 Å². The summed E-state index contributed by atoms with van der Waals surface area (Å²) < 4.78 is 24.5. The van der Waals surface area contributed by atoms with E-state index in [1.54, 1.807) is 0 Å². The molecule has 1 aliphatic rings. The van der Waals surface area contributed by atoms with Gasteiger partial charge in [-0.2, -0.15) is 0 Å². The Hall–Kier alpha value is -2.20. The number of H-pyrrole nitrogens is 1. The first kappa shape index (κ1) is 15.2. The van der Waals surface area contributed by atoms with Gasteiger partial charge in [-0.25, -0.2) is 14.0 Å². The van der Waals surface area contributed by atoms with E-state index in [4.69, 9.17) is 14.9 Å². The highest BCUT2D eigenvalue weighted by molar-refractivity contribution is 5.57. The smallest absolute Gasteiger partial charge is 0.450 e. The number of nitrogens with one attached hydrogen (secondary N) is 1. The first-order chi connectivity index (χ1) is 9.85. The van der Waals surface area contributed by atoms with Gasteiger partial charge in [0.25, 0.3) is 5.56 Å². The molecule has 1 aliphatic heterocycles. The summed E-state index contributed by atoms with van der Waals surface area (Å²) in [4.78, 5) is 35.5. The van der Waals surface area contributed by atoms with Crippen LogP contribution in [0.2, 0.25) is 0 Å².